The van der Waals surface area contributed by atoms with Crippen LogP contribution in [0.3, 0.4) is 0 Å². The van der Waals surface area contributed by atoms with Crippen molar-refractivity contribution in [2.45, 2.75) is 13.5 Å². The highest BCUT2D eigenvalue weighted by Gasteiger charge is 2.14. The number of hydrogen-bond acceptors (Lipinski definition) is 6. The lowest BCUT2D eigenvalue weighted by Crippen LogP contribution is -2.07. The molecule has 3 aromatic carbocycles. The number of nitrogens with zero attached hydrogens (tertiary/aromatic N) is 2. The summed E-state index contributed by atoms with van der Waals surface area (Å²) in [5.74, 6) is 1.97. The van der Waals surface area contributed by atoms with Gasteiger partial charge in [0.1, 0.15) is 17.1 Å². The van der Waals surface area contributed by atoms with Crippen LogP contribution in [-0.2, 0) is 6.61 Å². The summed E-state index contributed by atoms with van der Waals surface area (Å²) in [5.41, 5.74) is 2.67. The van der Waals surface area contributed by atoms with E-state index in [9.17, 15) is 4.79 Å². The highest BCUT2D eigenvalue weighted by atomic mass is 16.5. The van der Waals surface area contributed by atoms with Gasteiger partial charge in [-0.25, -0.2) is 0 Å². The van der Waals surface area contributed by atoms with Gasteiger partial charge in [0, 0.05) is 11.6 Å². The van der Waals surface area contributed by atoms with Crippen molar-refractivity contribution in [2.75, 3.05) is 0 Å². The number of rotatable bonds is 5. The van der Waals surface area contributed by atoms with Crippen LogP contribution in [0.25, 0.3) is 33.5 Å². The average molecular weight is 410 g/mol. The molecule has 0 saturated carbocycles. The summed E-state index contributed by atoms with van der Waals surface area (Å²) in [4.78, 5) is 17.4. The summed E-state index contributed by atoms with van der Waals surface area (Å²) in [5, 5.41) is 4.49. The minimum atomic E-state index is -0.0686. The van der Waals surface area contributed by atoms with E-state index in [2.05, 4.69) is 10.1 Å². The van der Waals surface area contributed by atoms with Crippen LogP contribution >= 0.6 is 0 Å². The number of benzene rings is 3. The van der Waals surface area contributed by atoms with E-state index in [1.54, 1.807) is 25.1 Å². The smallest absolute Gasteiger partial charge is 0.264 e. The van der Waals surface area contributed by atoms with E-state index in [0.717, 1.165) is 11.1 Å². The highest BCUT2D eigenvalue weighted by Crippen LogP contribution is 2.26. The lowest BCUT2D eigenvalue weighted by Gasteiger charge is -2.08. The molecule has 0 radical (unpaired) electrons. The number of ether oxygens (including phenoxy) is 1. The van der Waals surface area contributed by atoms with E-state index in [1.165, 1.54) is 0 Å². The topological polar surface area (TPSA) is 78.4 Å². The lowest BCUT2D eigenvalue weighted by molar-refractivity contribution is 0.243. The summed E-state index contributed by atoms with van der Waals surface area (Å²) >= 11 is 0. The molecule has 31 heavy (non-hydrogen) atoms. The third-order valence-electron chi connectivity index (χ3n) is 4.96. The van der Waals surface area contributed by atoms with Crippen LogP contribution in [-0.4, -0.2) is 10.1 Å². The maximum absolute atomic E-state index is 13.0. The van der Waals surface area contributed by atoms with Gasteiger partial charge in [-0.05, 0) is 24.6 Å². The molecule has 0 unspecified atom stereocenters. The van der Waals surface area contributed by atoms with Crippen molar-refractivity contribution in [1.82, 2.24) is 10.1 Å². The Morgan fingerprint density at radius 2 is 1.61 bits per heavy atom. The van der Waals surface area contributed by atoms with E-state index in [0.29, 0.717) is 39.8 Å². The molecule has 2 heterocycles. The SMILES string of the molecule is Cc1oc2cc(OCc3nc(-c4ccccc4)no3)ccc2c(=O)c1-c1ccccc1. The maximum Gasteiger partial charge on any atom is 0.264 e. The van der Waals surface area contributed by atoms with Gasteiger partial charge in [-0.1, -0.05) is 65.8 Å². The van der Waals surface area contributed by atoms with E-state index in [1.807, 2.05) is 60.7 Å². The predicted octanol–water partition coefficient (Wildman–Crippen LogP) is 5.40. The van der Waals surface area contributed by atoms with E-state index in [4.69, 9.17) is 13.7 Å². The first-order valence-corrected chi connectivity index (χ1v) is 9.83. The normalized spacial score (nSPS) is 11.0. The first kappa shape index (κ1) is 18.8. The molecular weight excluding hydrogens is 392 g/mol. The molecule has 0 aliphatic rings. The standard InChI is InChI=1S/C25H18N2O4/c1-16-23(17-8-4-2-5-9-17)24(28)20-13-12-19(14-21(20)30-16)29-15-22-26-25(27-31-22)18-10-6-3-7-11-18/h2-14H,15H2,1H3. The minimum absolute atomic E-state index is 0.0686. The maximum atomic E-state index is 13.0. The summed E-state index contributed by atoms with van der Waals surface area (Å²) < 4.78 is 17.0. The van der Waals surface area contributed by atoms with Crippen LogP contribution in [0.2, 0.25) is 0 Å². The third kappa shape index (κ3) is 3.71. The second kappa shape index (κ2) is 7.91. The lowest BCUT2D eigenvalue weighted by atomic mass is 10.0. The molecule has 0 aliphatic heterocycles. The number of hydrogen-bond donors (Lipinski definition) is 0. The van der Waals surface area contributed by atoms with Crippen LogP contribution in [0.15, 0.2) is 92.6 Å². The summed E-state index contributed by atoms with van der Waals surface area (Å²) in [6, 6.07) is 24.2. The Bertz CT molecular complexity index is 1410. The molecule has 152 valence electrons. The summed E-state index contributed by atoms with van der Waals surface area (Å²) in [6.07, 6.45) is 0. The van der Waals surface area contributed by atoms with Gasteiger partial charge in [-0.2, -0.15) is 4.98 Å². The van der Waals surface area contributed by atoms with Crippen molar-refractivity contribution >= 4 is 11.0 Å². The molecule has 0 aliphatic carbocycles. The first-order chi connectivity index (χ1) is 15.2. The van der Waals surface area contributed by atoms with Gasteiger partial charge in [0.15, 0.2) is 6.61 Å². The second-order valence-corrected chi connectivity index (χ2v) is 7.05. The first-order valence-electron chi connectivity index (χ1n) is 9.83. The Morgan fingerprint density at radius 1 is 0.903 bits per heavy atom. The predicted molar refractivity (Wildman–Crippen MR) is 117 cm³/mol. The molecule has 0 spiro atoms. The van der Waals surface area contributed by atoms with Crippen molar-refractivity contribution in [3.8, 4) is 28.3 Å². The molecule has 6 nitrogen and oxygen atoms in total. The van der Waals surface area contributed by atoms with Crippen molar-refractivity contribution in [1.29, 1.82) is 0 Å². The van der Waals surface area contributed by atoms with Crippen LogP contribution < -0.4 is 10.2 Å². The monoisotopic (exact) mass is 410 g/mol. The zero-order valence-corrected chi connectivity index (χ0v) is 16.7. The number of aryl methyl sites for hydroxylation is 1. The van der Waals surface area contributed by atoms with Gasteiger partial charge >= 0.3 is 0 Å². The molecular formula is C25H18N2O4. The zero-order valence-electron chi connectivity index (χ0n) is 16.7. The van der Waals surface area contributed by atoms with Crippen molar-refractivity contribution in [2.24, 2.45) is 0 Å². The average Bonchev–Trinajstić information content (AvgIpc) is 3.28. The molecule has 2 aromatic heterocycles. The molecule has 5 rings (SSSR count). The van der Waals surface area contributed by atoms with Crippen LogP contribution in [0.5, 0.6) is 5.75 Å². The minimum Gasteiger partial charge on any atom is -0.484 e. The largest absolute Gasteiger partial charge is 0.484 e. The number of fused-ring (bicyclic) bond motifs is 1. The Labute approximate surface area is 177 Å². The molecule has 6 heteroatoms. The highest BCUT2D eigenvalue weighted by molar-refractivity contribution is 5.83. The Morgan fingerprint density at radius 3 is 2.35 bits per heavy atom. The second-order valence-electron chi connectivity index (χ2n) is 7.05. The number of aromatic nitrogens is 2. The summed E-state index contributed by atoms with van der Waals surface area (Å²) in [6.45, 7) is 1.90. The Hall–Kier alpha value is -4.19. The van der Waals surface area contributed by atoms with Crippen molar-refractivity contribution in [3.63, 3.8) is 0 Å². The Kier molecular flexibility index (Phi) is 4.80. The van der Waals surface area contributed by atoms with Gasteiger partial charge in [0.25, 0.3) is 5.89 Å². The van der Waals surface area contributed by atoms with Crippen molar-refractivity contribution < 1.29 is 13.7 Å². The van der Waals surface area contributed by atoms with Gasteiger partial charge in [-0.15, -0.1) is 0 Å². The summed E-state index contributed by atoms with van der Waals surface area (Å²) in [7, 11) is 0. The molecule has 0 bridgehead atoms. The zero-order chi connectivity index (χ0) is 21.2. The molecule has 0 N–H and O–H groups in total. The van der Waals surface area contributed by atoms with E-state index < -0.39 is 0 Å². The van der Waals surface area contributed by atoms with Crippen LogP contribution in [0.4, 0.5) is 0 Å². The molecule has 5 aromatic rings. The quantitative estimate of drug-likeness (QED) is 0.386. The van der Waals surface area contributed by atoms with Crippen LogP contribution in [0, 0.1) is 6.92 Å². The van der Waals surface area contributed by atoms with Gasteiger partial charge < -0.3 is 13.7 Å². The van der Waals surface area contributed by atoms with Gasteiger partial charge in [0.05, 0.1) is 10.9 Å². The molecule has 0 atom stereocenters. The molecule has 0 saturated heterocycles. The van der Waals surface area contributed by atoms with E-state index in [-0.39, 0.29) is 12.0 Å². The fourth-order valence-corrected chi connectivity index (χ4v) is 3.48. The van der Waals surface area contributed by atoms with E-state index >= 15 is 0 Å². The fourth-order valence-electron chi connectivity index (χ4n) is 3.48. The Balaban J connectivity index is 1.40. The van der Waals surface area contributed by atoms with Crippen LogP contribution in [0.1, 0.15) is 11.7 Å². The van der Waals surface area contributed by atoms with Crippen molar-refractivity contribution in [3.05, 3.63) is 101 Å². The van der Waals surface area contributed by atoms with Gasteiger partial charge in [-0.3, -0.25) is 4.79 Å². The van der Waals surface area contributed by atoms with Gasteiger partial charge in [0.2, 0.25) is 11.3 Å². The third-order valence-corrected chi connectivity index (χ3v) is 4.96. The molecule has 0 fully saturated rings. The fraction of sp³-hybridized carbons (Fsp3) is 0.0800. The molecule has 0 amide bonds.